The van der Waals surface area contributed by atoms with Gasteiger partial charge in [0.25, 0.3) is 0 Å². The minimum atomic E-state index is -0.485. The second-order valence-electron chi connectivity index (χ2n) is 5.63. The number of ether oxygens (including phenoxy) is 3. The number of rotatable bonds is 8. The molecule has 27 heavy (non-hydrogen) atoms. The maximum atomic E-state index is 11.9. The average Bonchev–Trinajstić information content (AvgIpc) is 2.69. The smallest absolute Gasteiger partial charge is 0.331 e. The molecule has 0 radical (unpaired) electrons. The van der Waals surface area contributed by atoms with E-state index in [-0.39, 0.29) is 6.61 Å². The molecule has 0 atom stereocenters. The molecule has 2 rings (SSSR count). The third-order valence-electron chi connectivity index (χ3n) is 3.58. The maximum absolute atomic E-state index is 11.9. The van der Waals surface area contributed by atoms with E-state index in [1.54, 1.807) is 42.5 Å². The minimum absolute atomic E-state index is 0.128. The summed E-state index contributed by atoms with van der Waals surface area (Å²) < 4.78 is 16.1. The molecule has 0 bridgehead atoms. The summed E-state index contributed by atoms with van der Waals surface area (Å²) in [5, 5.41) is 9.18. The van der Waals surface area contributed by atoms with Crippen LogP contribution in [0.15, 0.2) is 42.5 Å². The maximum Gasteiger partial charge on any atom is 0.331 e. The van der Waals surface area contributed by atoms with Crippen molar-refractivity contribution in [3.63, 3.8) is 0 Å². The van der Waals surface area contributed by atoms with Gasteiger partial charge in [-0.15, -0.1) is 0 Å². The number of esters is 1. The van der Waals surface area contributed by atoms with E-state index in [1.807, 2.05) is 13.0 Å². The summed E-state index contributed by atoms with van der Waals surface area (Å²) in [5.74, 6) is 0.504. The molecule has 2 aromatic carbocycles. The van der Waals surface area contributed by atoms with Crippen LogP contribution in [0, 0.1) is 11.3 Å². The van der Waals surface area contributed by atoms with Crippen LogP contribution in [0.3, 0.4) is 0 Å². The van der Waals surface area contributed by atoms with Crippen LogP contribution >= 0.6 is 11.6 Å². The Labute approximate surface area is 163 Å². The molecule has 0 N–H and O–H groups in total. The highest BCUT2D eigenvalue weighted by Crippen LogP contribution is 2.36. The van der Waals surface area contributed by atoms with Crippen LogP contribution in [0.4, 0.5) is 0 Å². The van der Waals surface area contributed by atoms with E-state index >= 15 is 0 Å². The largest absolute Gasteiger partial charge is 0.493 e. The van der Waals surface area contributed by atoms with E-state index in [1.165, 1.54) is 13.2 Å². The van der Waals surface area contributed by atoms with E-state index in [0.717, 1.165) is 12.0 Å². The second kappa shape index (κ2) is 10.2. The Hall–Kier alpha value is -2.97. The molecule has 140 valence electrons. The van der Waals surface area contributed by atoms with Gasteiger partial charge >= 0.3 is 5.97 Å². The summed E-state index contributed by atoms with van der Waals surface area (Å²) in [6.07, 6.45) is 3.77. The Bertz CT molecular complexity index is 854. The Balaban J connectivity index is 2.00. The fourth-order valence-corrected chi connectivity index (χ4v) is 2.50. The van der Waals surface area contributed by atoms with E-state index < -0.39 is 5.97 Å². The molecule has 0 fully saturated rings. The van der Waals surface area contributed by atoms with Gasteiger partial charge in [0, 0.05) is 6.08 Å². The lowest BCUT2D eigenvalue weighted by molar-refractivity contribution is -0.138. The first kappa shape index (κ1) is 20.3. The number of benzene rings is 2. The van der Waals surface area contributed by atoms with Crippen LogP contribution in [-0.2, 0) is 16.1 Å². The molecular weight excluding hydrogens is 366 g/mol. The molecule has 6 heteroatoms. The van der Waals surface area contributed by atoms with Gasteiger partial charge < -0.3 is 14.2 Å². The first-order valence-corrected chi connectivity index (χ1v) is 8.79. The Morgan fingerprint density at radius 1 is 1.26 bits per heavy atom. The third-order valence-corrected chi connectivity index (χ3v) is 3.86. The Kier molecular flexibility index (Phi) is 7.72. The van der Waals surface area contributed by atoms with Crippen molar-refractivity contribution in [1.29, 1.82) is 5.26 Å². The number of hydrogen-bond donors (Lipinski definition) is 0. The summed E-state index contributed by atoms with van der Waals surface area (Å²) in [5.41, 5.74) is 2.05. The number of hydrogen-bond acceptors (Lipinski definition) is 5. The predicted molar refractivity (Wildman–Crippen MR) is 104 cm³/mol. The van der Waals surface area contributed by atoms with Gasteiger partial charge in [0.15, 0.2) is 11.5 Å². The monoisotopic (exact) mass is 385 g/mol. The predicted octanol–water partition coefficient (Wildman–Crippen LogP) is 4.77. The summed E-state index contributed by atoms with van der Waals surface area (Å²) >= 11 is 6.25. The summed E-state index contributed by atoms with van der Waals surface area (Å²) in [6, 6.07) is 12.3. The van der Waals surface area contributed by atoms with Crippen molar-refractivity contribution in [3.05, 3.63) is 64.2 Å². The minimum Gasteiger partial charge on any atom is -0.493 e. The highest BCUT2D eigenvalue weighted by molar-refractivity contribution is 6.32. The van der Waals surface area contributed by atoms with Crippen LogP contribution in [0.1, 0.15) is 30.0 Å². The summed E-state index contributed by atoms with van der Waals surface area (Å²) in [4.78, 5) is 11.9. The molecule has 0 aliphatic carbocycles. The van der Waals surface area contributed by atoms with Crippen LogP contribution < -0.4 is 9.47 Å². The first-order chi connectivity index (χ1) is 13.1. The zero-order chi connectivity index (χ0) is 19.6. The number of nitrogens with zero attached hydrogens (tertiary/aromatic N) is 1. The van der Waals surface area contributed by atoms with Crippen molar-refractivity contribution in [2.45, 2.75) is 20.0 Å². The highest BCUT2D eigenvalue weighted by atomic mass is 35.5. The quantitative estimate of drug-likeness (QED) is 0.483. The molecule has 0 spiro atoms. The molecular formula is C21H20ClNO4. The number of nitriles is 1. The van der Waals surface area contributed by atoms with Gasteiger partial charge in [-0.25, -0.2) is 4.79 Å². The zero-order valence-electron chi connectivity index (χ0n) is 15.2. The lowest BCUT2D eigenvalue weighted by Gasteiger charge is -2.12. The average molecular weight is 386 g/mol. The second-order valence-corrected chi connectivity index (χ2v) is 6.04. The molecule has 0 aliphatic rings. The SMILES string of the molecule is CCCOc1c(Cl)cc(/C=C/C(=O)OCc2ccc(C#N)cc2)cc1OC. The molecule has 0 aromatic heterocycles. The van der Waals surface area contributed by atoms with Crippen LogP contribution in [-0.4, -0.2) is 19.7 Å². The first-order valence-electron chi connectivity index (χ1n) is 8.41. The van der Waals surface area contributed by atoms with Gasteiger partial charge in [0.2, 0.25) is 0 Å². The Morgan fingerprint density at radius 2 is 2.00 bits per heavy atom. The Morgan fingerprint density at radius 3 is 2.63 bits per heavy atom. The van der Waals surface area contributed by atoms with Gasteiger partial charge in [-0.05, 0) is 47.9 Å². The van der Waals surface area contributed by atoms with Gasteiger partial charge in [-0.2, -0.15) is 5.26 Å². The molecule has 0 unspecified atom stereocenters. The molecule has 0 amide bonds. The molecule has 2 aromatic rings. The van der Waals surface area contributed by atoms with Crippen molar-refractivity contribution >= 4 is 23.6 Å². The van der Waals surface area contributed by atoms with Gasteiger partial charge in [-0.1, -0.05) is 30.7 Å². The van der Waals surface area contributed by atoms with Gasteiger partial charge in [0.05, 0.1) is 30.4 Å². The number of carbonyl (C=O) groups is 1. The van der Waals surface area contributed by atoms with Crippen LogP contribution in [0.25, 0.3) is 6.08 Å². The molecule has 0 saturated heterocycles. The zero-order valence-corrected chi connectivity index (χ0v) is 16.0. The standard InChI is InChI=1S/C21H20ClNO4/c1-3-10-26-21-18(22)11-17(12-19(21)25-2)8-9-20(24)27-14-16-6-4-15(13-23)5-7-16/h4-9,11-12H,3,10,14H2,1-2H3/b9-8+. The van der Waals surface area contributed by atoms with E-state index in [4.69, 9.17) is 31.1 Å². The lowest BCUT2D eigenvalue weighted by Crippen LogP contribution is -2.01. The van der Waals surface area contributed by atoms with Crippen molar-refractivity contribution in [2.75, 3.05) is 13.7 Å². The van der Waals surface area contributed by atoms with E-state index in [0.29, 0.717) is 34.3 Å². The van der Waals surface area contributed by atoms with Gasteiger partial charge in [-0.3, -0.25) is 0 Å². The number of carbonyl (C=O) groups excluding carboxylic acids is 1. The molecule has 0 saturated carbocycles. The lowest BCUT2D eigenvalue weighted by atomic mass is 10.1. The molecule has 5 nitrogen and oxygen atoms in total. The topological polar surface area (TPSA) is 68.5 Å². The van der Waals surface area contributed by atoms with Crippen molar-refractivity contribution in [3.8, 4) is 17.6 Å². The molecule has 0 aliphatic heterocycles. The van der Waals surface area contributed by atoms with E-state index in [2.05, 4.69) is 0 Å². The number of halogens is 1. The summed E-state index contributed by atoms with van der Waals surface area (Å²) in [7, 11) is 1.53. The van der Waals surface area contributed by atoms with Gasteiger partial charge in [0.1, 0.15) is 6.61 Å². The fourth-order valence-electron chi connectivity index (χ4n) is 2.22. The highest BCUT2D eigenvalue weighted by Gasteiger charge is 2.11. The number of methoxy groups -OCH3 is 1. The van der Waals surface area contributed by atoms with Crippen molar-refractivity contribution < 1.29 is 19.0 Å². The van der Waals surface area contributed by atoms with Crippen LogP contribution in [0.5, 0.6) is 11.5 Å². The summed E-state index contributed by atoms with van der Waals surface area (Å²) in [6.45, 7) is 2.66. The third kappa shape index (κ3) is 6.05. The van der Waals surface area contributed by atoms with E-state index in [9.17, 15) is 4.79 Å². The fraction of sp³-hybridized carbons (Fsp3) is 0.238. The molecule has 0 heterocycles. The van der Waals surface area contributed by atoms with Crippen molar-refractivity contribution in [2.24, 2.45) is 0 Å². The van der Waals surface area contributed by atoms with Crippen LogP contribution in [0.2, 0.25) is 5.02 Å². The van der Waals surface area contributed by atoms with Crippen molar-refractivity contribution in [1.82, 2.24) is 0 Å². The normalized spacial score (nSPS) is 10.4.